The fourth-order valence-corrected chi connectivity index (χ4v) is 3.38. The van der Waals surface area contributed by atoms with Crippen molar-refractivity contribution in [3.63, 3.8) is 0 Å². The highest BCUT2D eigenvalue weighted by molar-refractivity contribution is 6.46. The Morgan fingerprint density at radius 3 is 2.46 bits per heavy atom. The van der Waals surface area contributed by atoms with Crippen LogP contribution in [-0.4, -0.2) is 20.3 Å². The zero-order valence-corrected chi connectivity index (χ0v) is 8.08. The van der Waals surface area contributed by atoms with Crippen molar-refractivity contribution in [1.29, 1.82) is 0 Å². The summed E-state index contributed by atoms with van der Waals surface area (Å²) in [5.74, 6) is 2.66. The summed E-state index contributed by atoms with van der Waals surface area (Å²) < 4.78 is 11.4. The SMILES string of the molecule is C1COB(C2CC3CCC2C3)OC1. The van der Waals surface area contributed by atoms with Gasteiger partial charge in [0.2, 0.25) is 0 Å². The van der Waals surface area contributed by atoms with E-state index in [4.69, 9.17) is 9.31 Å². The molecule has 1 heterocycles. The Morgan fingerprint density at radius 2 is 1.85 bits per heavy atom. The maximum Gasteiger partial charge on any atom is 0.460 e. The van der Waals surface area contributed by atoms with E-state index < -0.39 is 0 Å². The van der Waals surface area contributed by atoms with Crippen LogP contribution in [0.3, 0.4) is 0 Å². The average Bonchev–Trinajstić information content (AvgIpc) is 2.80. The Kier molecular flexibility index (Phi) is 2.10. The largest absolute Gasteiger partial charge is 0.460 e. The molecule has 72 valence electrons. The molecular weight excluding hydrogens is 163 g/mol. The number of fused-ring (bicyclic) bond motifs is 2. The molecule has 2 saturated carbocycles. The maximum absolute atomic E-state index is 5.69. The molecule has 2 nitrogen and oxygen atoms in total. The van der Waals surface area contributed by atoms with Gasteiger partial charge in [-0.05, 0) is 36.9 Å². The molecule has 0 aromatic carbocycles. The van der Waals surface area contributed by atoms with E-state index in [0.717, 1.165) is 37.3 Å². The van der Waals surface area contributed by atoms with Crippen molar-refractivity contribution in [3.8, 4) is 0 Å². The minimum Gasteiger partial charge on any atom is -0.411 e. The van der Waals surface area contributed by atoms with E-state index in [1.54, 1.807) is 0 Å². The van der Waals surface area contributed by atoms with Gasteiger partial charge in [-0.3, -0.25) is 0 Å². The van der Waals surface area contributed by atoms with Gasteiger partial charge in [0.1, 0.15) is 0 Å². The predicted octanol–water partition coefficient (Wildman–Crippen LogP) is 2.10. The summed E-state index contributed by atoms with van der Waals surface area (Å²) in [6.07, 6.45) is 6.80. The van der Waals surface area contributed by atoms with Crippen LogP contribution in [0.4, 0.5) is 0 Å². The van der Waals surface area contributed by atoms with Crippen molar-refractivity contribution in [2.24, 2.45) is 11.8 Å². The fourth-order valence-electron chi connectivity index (χ4n) is 3.38. The van der Waals surface area contributed by atoms with Gasteiger partial charge in [0, 0.05) is 13.2 Å². The van der Waals surface area contributed by atoms with Gasteiger partial charge in [0.25, 0.3) is 0 Å². The van der Waals surface area contributed by atoms with E-state index in [2.05, 4.69) is 0 Å². The van der Waals surface area contributed by atoms with Gasteiger partial charge in [-0.2, -0.15) is 0 Å². The van der Waals surface area contributed by atoms with Gasteiger partial charge in [-0.25, -0.2) is 0 Å². The highest BCUT2D eigenvalue weighted by Gasteiger charge is 2.47. The molecule has 1 aliphatic heterocycles. The topological polar surface area (TPSA) is 18.5 Å². The second-order valence-electron chi connectivity index (χ2n) is 4.80. The molecule has 3 heteroatoms. The summed E-state index contributed by atoms with van der Waals surface area (Å²) >= 11 is 0. The molecular formula is C10H17BO2. The molecule has 3 aliphatic rings. The summed E-state index contributed by atoms with van der Waals surface area (Å²) in [4.78, 5) is 0. The first-order valence-corrected chi connectivity index (χ1v) is 5.66. The molecule has 3 rings (SSSR count). The Labute approximate surface area is 80.1 Å². The van der Waals surface area contributed by atoms with Crippen molar-refractivity contribution in [1.82, 2.24) is 0 Å². The van der Waals surface area contributed by atoms with Crippen molar-refractivity contribution in [3.05, 3.63) is 0 Å². The Balaban J connectivity index is 1.65. The Bertz CT molecular complexity index is 191. The molecule has 1 saturated heterocycles. The number of rotatable bonds is 1. The van der Waals surface area contributed by atoms with Crippen molar-refractivity contribution >= 4 is 7.12 Å². The normalized spacial score (nSPS) is 44.3. The van der Waals surface area contributed by atoms with Crippen LogP contribution in [-0.2, 0) is 9.31 Å². The summed E-state index contributed by atoms with van der Waals surface area (Å²) in [7, 11) is 0.157. The molecule has 13 heavy (non-hydrogen) atoms. The first-order valence-electron chi connectivity index (χ1n) is 5.66. The van der Waals surface area contributed by atoms with E-state index >= 15 is 0 Å². The molecule has 0 aromatic rings. The smallest absolute Gasteiger partial charge is 0.411 e. The average molecular weight is 180 g/mol. The lowest BCUT2D eigenvalue weighted by Gasteiger charge is -2.29. The van der Waals surface area contributed by atoms with E-state index in [-0.39, 0.29) is 7.12 Å². The van der Waals surface area contributed by atoms with Crippen LogP contribution in [0.25, 0.3) is 0 Å². The first kappa shape index (κ1) is 8.31. The zero-order valence-electron chi connectivity index (χ0n) is 8.08. The predicted molar refractivity (Wildman–Crippen MR) is 51.5 cm³/mol. The first-order chi connectivity index (χ1) is 6.43. The van der Waals surface area contributed by atoms with E-state index in [0.29, 0.717) is 0 Å². The minimum atomic E-state index is 0.157. The summed E-state index contributed by atoms with van der Waals surface area (Å²) in [5.41, 5.74) is 0. The Hall–Kier alpha value is -0.0151. The third-order valence-corrected chi connectivity index (χ3v) is 4.00. The van der Waals surface area contributed by atoms with Crippen LogP contribution in [0.5, 0.6) is 0 Å². The van der Waals surface area contributed by atoms with Gasteiger partial charge in [0.15, 0.2) is 0 Å². The van der Waals surface area contributed by atoms with E-state index in [1.165, 1.54) is 25.7 Å². The van der Waals surface area contributed by atoms with Crippen LogP contribution < -0.4 is 0 Å². The standard InChI is InChI=1S/C10H17BO2/c1-4-12-11(13-5-1)10-7-8-2-3-9(10)6-8/h8-10H,1-7H2. The molecule has 0 aromatic heterocycles. The molecule has 0 amide bonds. The molecule has 0 radical (unpaired) electrons. The quantitative estimate of drug-likeness (QED) is 0.575. The lowest BCUT2D eigenvalue weighted by atomic mass is 9.63. The van der Waals surface area contributed by atoms with Gasteiger partial charge in [-0.1, -0.05) is 12.8 Å². The van der Waals surface area contributed by atoms with Crippen LogP contribution in [0, 0.1) is 11.8 Å². The van der Waals surface area contributed by atoms with Crippen LogP contribution >= 0.6 is 0 Å². The van der Waals surface area contributed by atoms with Gasteiger partial charge in [0.05, 0.1) is 0 Å². The molecule has 3 fully saturated rings. The third-order valence-electron chi connectivity index (χ3n) is 4.00. The fraction of sp³-hybridized carbons (Fsp3) is 1.00. The highest BCUT2D eigenvalue weighted by atomic mass is 16.6. The molecule has 3 atom stereocenters. The zero-order chi connectivity index (χ0) is 8.67. The van der Waals surface area contributed by atoms with Gasteiger partial charge in [-0.15, -0.1) is 0 Å². The molecule has 2 bridgehead atoms. The molecule has 2 aliphatic carbocycles. The summed E-state index contributed by atoms with van der Waals surface area (Å²) in [6, 6.07) is 0. The second kappa shape index (κ2) is 3.28. The lowest BCUT2D eigenvalue weighted by Crippen LogP contribution is -2.36. The van der Waals surface area contributed by atoms with Crippen molar-refractivity contribution in [2.75, 3.05) is 13.2 Å². The van der Waals surface area contributed by atoms with Crippen molar-refractivity contribution in [2.45, 2.75) is 37.9 Å². The molecule has 0 spiro atoms. The Morgan fingerprint density at radius 1 is 1.00 bits per heavy atom. The maximum atomic E-state index is 5.69. The van der Waals surface area contributed by atoms with Gasteiger partial charge >= 0.3 is 7.12 Å². The lowest BCUT2D eigenvalue weighted by molar-refractivity contribution is 0.120. The van der Waals surface area contributed by atoms with Crippen LogP contribution in [0.15, 0.2) is 0 Å². The summed E-state index contributed by atoms with van der Waals surface area (Å²) in [6.45, 7) is 1.83. The van der Waals surface area contributed by atoms with Crippen LogP contribution in [0.1, 0.15) is 32.1 Å². The van der Waals surface area contributed by atoms with Crippen LogP contribution in [0.2, 0.25) is 5.82 Å². The number of hydrogen-bond acceptors (Lipinski definition) is 2. The summed E-state index contributed by atoms with van der Waals surface area (Å²) in [5, 5.41) is 0. The molecule has 3 unspecified atom stereocenters. The monoisotopic (exact) mass is 180 g/mol. The highest BCUT2D eigenvalue weighted by Crippen LogP contribution is 2.53. The van der Waals surface area contributed by atoms with Gasteiger partial charge < -0.3 is 9.31 Å². The third kappa shape index (κ3) is 1.42. The van der Waals surface area contributed by atoms with E-state index in [1.807, 2.05) is 0 Å². The second-order valence-corrected chi connectivity index (χ2v) is 4.80. The number of hydrogen-bond donors (Lipinski definition) is 0. The van der Waals surface area contributed by atoms with E-state index in [9.17, 15) is 0 Å². The minimum absolute atomic E-state index is 0.157. The van der Waals surface area contributed by atoms with Crippen molar-refractivity contribution < 1.29 is 9.31 Å². The molecule has 0 N–H and O–H groups in total.